The number of carbonyl (C=O) groups excluding carboxylic acids is 1. The van der Waals surface area contributed by atoms with Crippen LogP contribution in [-0.2, 0) is 10.0 Å². The molecule has 3 N–H and O–H groups in total. The number of rotatable bonds is 3. The van der Waals surface area contributed by atoms with Gasteiger partial charge in [-0.3, -0.25) is 4.79 Å². The van der Waals surface area contributed by atoms with Crippen molar-refractivity contribution in [2.45, 2.75) is 30.7 Å². The van der Waals surface area contributed by atoms with Crippen LogP contribution in [0.5, 0.6) is 0 Å². The van der Waals surface area contributed by atoms with E-state index in [0.717, 1.165) is 19.4 Å². The number of nitrogens with zero attached hydrogens (tertiary/aromatic N) is 1. The summed E-state index contributed by atoms with van der Waals surface area (Å²) in [5.41, 5.74) is 0.988. The second-order valence-corrected chi connectivity index (χ2v) is 6.93. The highest BCUT2D eigenvalue weighted by atomic mass is 32.2. The monoisotopic (exact) mass is 311 g/mol. The van der Waals surface area contributed by atoms with Crippen LogP contribution in [0.25, 0.3) is 0 Å². The molecular weight excluding hydrogens is 290 g/mol. The Morgan fingerprint density at radius 2 is 2.14 bits per heavy atom. The zero-order chi connectivity index (χ0) is 15.6. The van der Waals surface area contributed by atoms with Gasteiger partial charge >= 0.3 is 0 Å². The molecular formula is C14H21N3O3S. The molecule has 1 aromatic rings. The zero-order valence-corrected chi connectivity index (χ0v) is 13.1. The molecule has 21 heavy (non-hydrogen) atoms. The SMILES string of the molecule is CNC1CCCN(C(=O)c2ccc(S(N)(=O)=O)c(C)c2)C1. The molecule has 1 saturated heterocycles. The van der Waals surface area contributed by atoms with Gasteiger partial charge in [0.1, 0.15) is 0 Å². The fraction of sp³-hybridized carbons (Fsp3) is 0.500. The fourth-order valence-corrected chi connectivity index (χ4v) is 3.45. The standard InChI is InChI=1S/C14H21N3O3S/c1-10-8-11(5-6-13(10)21(15,19)20)14(18)17-7-3-4-12(9-17)16-2/h5-6,8,12,16H,3-4,7,9H2,1-2H3,(H2,15,19,20). The van der Waals surface area contributed by atoms with Gasteiger partial charge in [-0.05, 0) is 50.6 Å². The summed E-state index contributed by atoms with van der Waals surface area (Å²) in [5.74, 6) is -0.0704. The summed E-state index contributed by atoms with van der Waals surface area (Å²) in [6.45, 7) is 3.04. The summed E-state index contributed by atoms with van der Waals surface area (Å²) in [6, 6.07) is 4.83. The third-order valence-electron chi connectivity index (χ3n) is 3.85. The first kappa shape index (κ1) is 15.9. The van der Waals surface area contributed by atoms with Gasteiger partial charge in [0, 0.05) is 24.7 Å². The first-order valence-corrected chi connectivity index (χ1v) is 8.47. The molecule has 1 heterocycles. The Hall–Kier alpha value is -1.44. The van der Waals surface area contributed by atoms with Gasteiger partial charge < -0.3 is 10.2 Å². The van der Waals surface area contributed by atoms with E-state index in [-0.39, 0.29) is 10.8 Å². The largest absolute Gasteiger partial charge is 0.337 e. The van der Waals surface area contributed by atoms with E-state index < -0.39 is 10.0 Å². The van der Waals surface area contributed by atoms with Crippen LogP contribution in [0.15, 0.2) is 23.1 Å². The third kappa shape index (κ3) is 3.61. The van der Waals surface area contributed by atoms with Crippen LogP contribution in [-0.4, -0.2) is 45.4 Å². The normalized spacial score (nSPS) is 19.6. The van der Waals surface area contributed by atoms with Gasteiger partial charge in [-0.1, -0.05) is 0 Å². The quantitative estimate of drug-likeness (QED) is 0.848. The summed E-state index contributed by atoms with van der Waals surface area (Å²) in [4.78, 5) is 14.4. The van der Waals surface area contributed by atoms with E-state index in [4.69, 9.17) is 5.14 Å². The third-order valence-corrected chi connectivity index (χ3v) is 4.92. The number of nitrogens with two attached hydrogens (primary N) is 1. The Kier molecular flexibility index (Phi) is 4.65. The first-order chi connectivity index (χ1) is 9.82. The number of carbonyl (C=O) groups is 1. The first-order valence-electron chi connectivity index (χ1n) is 6.93. The lowest BCUT2D eigenvalue weighted by molar-refractivity contribution is 0.0698. The number of benzene rings is 1. The number of hydrogen-bond donors (Lipinski definition) is 2. The molecule has 0 bridgehead atoms. The van der Waals surface area contributed by atoms with Gasteiger partial charge in [-0.25, -0.2) is 13.6 Å². The molecule has 116 valence electrons. The highest BCUT2D eigenvalue weighted by molar-refractivity contribution is 7.89. The summed E-state index contributed by atoms with van der Waals surface area (Å²) in [6.07, 6.45) is 2.02. The van der Waals surface area contributed by atoms with Crippen molar-refractivity contribution < 1.29 is 13.2 Å². The van der Waals surface area contributed by atoms with E-state index in [0.29, 0.717) is 23.7 Å². The van der Waals surface area contributed by atoms with Gasteiger partial charge in [-0.15, -0.1) is 0 Å². The van der Waals surface area contributed by atoms with Gasteiger partial charge in [-0.2, -0.15) is 0 Å². The zero-order valence-electron chi connectivity index (χ0n) is 12.3. The van der Waals surface area contributed by atoms with Gasteiger partial charge in [0.15, 0.2) is 0 Å². The van der Waals surface area contributed by atoms with Crippen molar-refractivity contribution in [1.82, 2.24) is 10.2 Å². The lowest BCUT2D eigenvalue weighted by atomic mass is 10.0. The van der Waals surface area contributed by atoms with Crippen LogP contribution in [0.4, 0.5) is 0 Å². The number of aryl methyl sites for hydroxylation is 1. The maximum atomic E-state index is 12.5. The van der Waals surface area contributed by atoms with E-state index in [1.807, 2.05) is 7.05 Å². The van der Waals surface area contributed by atoms with Crippen LogP contribution in [0.3, 0.4) is 0 Å². The minimum absolute atomic E-state index is 0.0609. The molecule has 0 radical (unpaired) electrons. The van der Waals surface area contributed by atoms with E-state index in [1.54, 1.807) is 17.9 Å². The van der Waals surface area contributed by atoms with Crippen LogP contribution in [0, 0.1) is 6.92 Å². The average molecular weight is 311 g/mol. The molecule has 0 spiro atoms. The molecule has 7 heteroatoms. The number of piperidine rings is 1. The molecule has 2 rings (SSSR count). The predicted molar refractivity (Wildman–Crippen MR) is 80.5 cm³/mol. The summed E-state index contributed by atoms with van der Waals surface area (Å²) >= 11 is 0. The second-order valence-electron chi connectivity index (χ2n) is 5.40. The van der Waals surface area contributed by atoms with Crippen molar-refractivity contribution >= 4 is 15.9 Å². The molecule has 1 atom stereocenters. The van der Waals surface area contributed by atoms with Gasteiger partial charge in [0.05, 0.1) is 4.90 Å². The average Bonchev–Trinajstić information content (AvgIpc) is 2.45. The molecule has 1 amide bonds. The molecule has 1 aliphatic rings. The Morgan fingerprint density at radius 3 is 2.71 bits per heavy atom. The second kappa shape index (κ2) is 6.13. The Morgan fingerprint density at radius 1 is 1.43 bits per heavy atom. The van der Waals surface area contributed by atoms with E-state index in [1.165, 1.54) is 12.1 Å². The summed E-state index contributed by atoms with van der Waals surface area (Å²) in [7, 11) is -1.86. The van der Waals surface area contributed by atoms with Gasteiger partial charge in [0.2, 0.25) is 10.0 Å². The number of likely N-dealkylation sites (tertiary alicyclic amines) is 1. The molecule has 1 aliphatic heterocycles. The number of amides is 1. The van der Waals surface area contributed by atoms with E-state index >= 15 is 0 Å². The van der Waals surface area contributed by atoms with E-state index in [2.05, 4.69) is 5.32 Å². The topological polar surface area (TPSA) is 92.5 Å². The highest BCUT2D eigenvalue weighted by Gasteiger charge is 2.24. The summed E-state index contributed by atoms with van der Waals surface area (Å²) < 4.78 is 22.8. The minimum atomic E-state index is -3.75. The molecule has 6 nitrogen and oxygen atoms in total. The van der Waals surface area contributed by atoms with Crippen molar-refractivity contribution in [2.24, 2.45) is 5.14 Å². The Balaban J connectivity index is 2.22. The lowest BCUT2D eigenvalue weighted by Crippen LogP contribution is -2.47. The molecule has 0 aliphatic carbocycles. The van der Waals surface area contributed by atoms with Crippen molar-refractivity contribution in [3.8, 4) is 0 Å². The Labute approximate surface area is 125 Å². The number of sulfonamides is 1. The van der Waals surface area contributed by atoms with Crippen molar-refractivity contribution in [1.29, 1.82) is 0 Å². The number of primary sulfonamides is 1. The highest BCUT2D eigenvalue weighted by Crippen LogP contribution is 2.18. The summed E-state index contributed by atoms with van der Waals surface area (Å²) in [5, 5.41) is 8.32. The predicted octanol–water partition coefficient (Wildman–Crippen LogP) is 0.466. The molecule has 0 saturated carbocycles. The molecule has 0 aromatic heterocycles. The van der Waals surface area contributed by atoms with Gasteiger partial charge in [0.25, 0.3) is 5.91 Å². The van der Waals surface area contributed by atoms with Crippen molar-refractivity contribution in [3.05, 3.63) is 29.3 Å². The minimum Gasteiger partial charge on any atom is -0.337 e. The Bertz CT molecular complexity index is 643. The number of likely N-dealkylation sites (N-methyl/N-ethyl adjacent to an activating group) is 1. The van der Waals surface area contributed by atoms with Crippen molar-refractivity contribution in [2.75, 3.05) is 20.1 Å². The lowest BCUT2D eigenvalue weighted by Gasteiger charge is -2.32. The van der Waals surface area contributed by atoms with Crippen molar-refractivity contribution in [3.63, 3.8) is 0 Å². The molecule has 1 fully saturated rings. The van der Waals surface area contributed by atoms with Crippen LogP contribution < -0.4 is 10.5 Å². The molecule has 1 unspecified atom stereocenters. The number of hydrogen-bond acceptors (Lipinski definition) is 4. The van der Waals surface area contributed by atoms with Crippen LogP contribution in [0.1, 0.15) is 28.8 Å². The fourth-order valence-electron chi connectivity index (χ4n) is 2.68. The maximum Gasteiger partial charge on any atom is 0.253 e. The number of nitrogens with one attached hydrogen (secondary N) is 1. The smallest absolute Gasteiger partial charge is 0.253 e. The van der Waals surface area contributed by atoms with Crippen LogP contribution in [0.2, 0.25) is 0 Å². The van der Waals surface area contributed by atoms with Crippen LogP contribution >= 0.6 is 0 Å². The van der Waals surface area contributed by atoms with E-state index in [9.17, 15) is 13.2 Å². The molecule has 1 aromatic carbocycles. The maximum absolute atomic E-state index is 12.5.